The van der Waals surface area contributed by atoms with Crippen LogP contribution in [0.25, 0.3) is 0 Å². The van der Waals surface area contributed by atoms with Gasteiger partial charge in [-0.2, -0.15) is 5.10 Å². The molecule has 2 aromatic heterocycles. The number of nitrogens with one attached hydrogen (secondary N) is 2. The van der Waals surface area contributed by atoms with Crippen molar-refractivity contribution in [3.8, 4) is 5.75 Å². The van der Waals surface area contributed by atoms with E-state index in [1.807, 2.05) is 24.3 Å². The maximum absolute atomic E-state index is 5.43. The molecule has 0 aliphatic heterocycles. The number of aromatic nitrogens is 2. The highest BCUT2D eigenvalue weighted by Gasteiger charge is 2.17. The van der Waals surface area contributed by atoms with E-state index < -0.39 is 0 Å². The highest BCUT2D eigenvalue weighted by atomic mass is 127. The van der Waals surface area contributed by atoms with Gasteiger partial charge in [0.05, 0.1) is 31.7 Å². The van der Waals surface area contributed by atoms with Crippen LogP contribution in [0.1, 0.15) is 48.7 Å². The third-order valence-electron chi connectivity index (χ3n) is 5.87. The molecule has 0 spiro atoms. The van der Waals surface area contributed by atoms with E-state index in [4.69, 9.17) is 19.2 Å². The summed E-state index contributed by atoms with van der Waals surface area (Å²) in [4.78, 5) is 4.78. The fourth-order valence-corrected chi connectivity index (χ4v) is 4.04. The molecule has 0 atom stereocenters. The largest absolute Gasteiger partial charge is 0.497 e. The van der Waals surface area contributed by atoms with Crippen molar-refractivity contribution in [2.45, 2.75) is 51.1 Å². The minimum Gasteiger partial charge on any atom is -0.497 e. The highest BCUT2D eigenvalue weighted by Crippen LogP contribution is 2.28. The Hall–Kier alpha value is -2.49. The molecule has 0 saturated heterocycles. The Balaban J connectivity index is 0.00000306. The van der Waals surface area contributed by atoms with Crippen molar-refractivity contribution in [1.29, 1.82) is 0 Å². The number of ether oxygens (including phenoxy) is 1. The average Bonchev–Trinajstić information content (AvgIpc) is 3.60. The Kier molecular flexibility index (Phi) is 10.1. The molecular weight excluding hydrogens is 529 g/mol. The van der Waals surface area contributed by atoms with E-state index in [1.165, 1.54) is 31.2 Å². The Morgan fingerprint density at radius 3 is 2.55 bits per heavy atom. The number of halogens is 1. The van der Waals surface area contributed by atoms with E-state index in [0.29, 0.717) is 12.6 Å². The Labute approximate surface area is 213 Å². The van der Waals surface area contributed by atoms with Crippen LogP contribution < -0.4 is 15.4 Å². The number of methoxy groups -OCH3 is 1. The summed E-state index contributed by atoms with van der Waals surface area (Å²) < 4.78 is 12.8. The molecule has 1 fully saturated rings. The zero-order chi connectivity index (χ0) is 22.0. The van der Waals surface area contributed by atoms with Gasteiger partial charge in [0.25, 0.3) is 0 Å². The molecule has 1 aliphatic rings. The van der Waals surface area contributed by atoms with Gasteiger partial charge in [0, 0.05) is 25.7 Å². The predicted molar refractivity (Wildman–Crippen MR) is 141 cm³/mol. The first-order chi connectivity index (χ1) is 15.8. The topological polar surface area (TPSA) is 76.6 Å². The third-order valence-corrected chi connectivity index (χ3v) is 5.87. The molecule has 4 rings (SSSR count). The molecule has 8 heteroatoms. The maximum atomic E-state index is 5.43. The minimum absolute atomic E-state index is 0. The van der Waals surface area contributed by atoms with Crippen LogP contribution in [0, 0.1) is 0 Å². The van der Waals surface area contributed by atoms with Gasteiger partial charge in [0.15, 0.2) is 5.96 Å². The highest BCUT2D eigenvalue weighted by molar-refractivity contribution is 14.0. The van der Waals surface area contributed by atoms with Gasteiger partial charge in [0.1, 0.15) is 11.5 Å². The number of guanidine groups is 1. The van der Waals surface area contributed by atoms with Crippen molar-refractivity contribution in [2.24, 2.45) is 4.99 Å². The first-order valence-electron chi connectivity index (χ1n) is 11.5. The second-order valence-corrected chi connectivity index (χ2v) is 8.17. The fraction of sp³-hybridized carbons (Fsp3) is 0.440. The number of benzene rings is 1. The lowest BCUT2D eigenvalue weighted by Gasteiger charge is -2.12. The Morgan fingerprint density at radius 1 is 1.09 bits per heavy atom. The van der Waals surface area contributed by atoms with Crippen LogP contribution in [-0.2, 0) is 19.4 Å². The van der Waals surface area contributed by atoms with Gasteiger partial charge >= 0.3 is 0 Å². The summed E-state index contributed by atoms with van der Waals surface area (Å²) in [5, 5.41) is 11.6. The molecule has 0 amide bonds. The molecule has 2 heterocycles. The van der Waals surface area contributed by atoms with Crippen molar-refractivity contribution in [3.05, 3.63) is 71.9 Å². The predicted octanol–water partition coefficient (Wildman–Crippen LogP) is 4.74. The van der Waals surface area contributed by atoms with E-state index in [2.05, 4.69) is 39.7 Å². The van der Waals surface area contributed by atoms with E-state index in [1.54, 1.807) is 13.4 Å². The van der Waals surface area contributed by atoms with Gasteiger partial charge in [-0.1, -0.05) is 25.0 Å². The van der Waals surface area contributed by atoms with Gasteiger partial charge in [-0.15, -0.1) is 24.0 Å². The number of hydrogen-bond acceptors (Lipinski definition) is 4. The van der Waals surface area contributed by atoms with E-state index >= 15 is 0 Å². The number of furan rings is 1. The summed E-state index contributed by atoms with van der Waals surface area (Å²) >= 11 is 0. The van der Waals surface area contributed by atoms with Gasteiger partial charge < -0.3 is 19.8 Å². The quantitative estimate of drug-likeness (QED) is 0.212. The normalized spacial score (nSPS) is 14.2. The molecule has 1 aromatic carbocycles. The third kappa shape index (κ3) is 7.80. The zero-order valence-electron chi connectivity index (χ0n) is 19.2. The van der Waals surface area contributed by atoms with Crippen molar-refractivity contribution in [3.63, 3.8) is 0 Å². The van der Waals surface area contributed by atoms with Crippen LogP contribution in [0.5, 0.6) is 5.75 Å². The van der Waals surface area contributed by atoms with Crippen LogP contribution in [0.15, 0.2) is 64.3 Å². The molecular formula is C25H34IN5O2. The molecule has 3 aromatic rings. The number of aliphatic imine (C=N–C) groups is 1. The smallest absolute Gasteiger partial charge is 0.191 e. The second kappa shape index (κ2) is 13.3. The summed E-state index contributed by atoms with van der Waals surface area (Å²) in [6.07, 6.45) is 10.6. The molecule has 2 N–H and O–H groups in total. The molecule has 0 bridgehead atoms. The summed E-state index contributed by atoms with van der Waals surface area (Å²) in [6, 6.07) is 14.7. The maximum Gasteiger partial charge on any atom is 0.191 e. The number of rotatable bonds is 10. The molecule has 1 saturated carbocycles. The molecule has 33 heavy (non-hydrogen) atoms. The van der Waals surface area contributed by atoms with Crippen molar-refractivity contribution < 1.29 is 9.15 Å². The lowest BCUT2D eigenvalue weighted by molar-refractivity contribution is 0.414. The first kappa shape index (κ1) is 25.1. The zero-order valence-corrected chi connectivity index (χ0v) is 21.5. The van der Waals surface area contributed by atoms with Gasteiger partial charge in [-0.3, -0.25) is 4.68 Å². The van der Waals surface area contributed by atoms with E-state index in [-0.39, 0.29) is 24.0 Å². The molecule has 0 unspecified atom stereocenters. The van der Waals surface area contributed by atoms with Crippen LogP contribution in [0.3, 0.4) is 0 Å². The van der Waals surface area contributed by atoms with Crippen LogP contribution in [0.2, 0.25) is 0 Å². The molecule has 1 aliphatic carbocycles. The van der Waals surface area contributed by atoms with Crippen molar-refractivity contribution in [2.75, 3.05) is 20.2 Å². The molecule has 0 radical (unpaired) electrons. The first-order valence-corrected chi connectivity index (χ1v) is 11.5. The van der Waals surface area contributed by atoms with Crippen LogP contribution in [-0.4, -0.2) is 35.9 Å². The molecule has 7 nitrogen and oxygen atoms in total. The fourth-order valence-electron chi connectivity index (χ4n) is 4.04. The van der Waals surface area contributed by atoms with Crippen molar-refractivity contribution in [1.82, 2.24) is 20.4 Å². The summed E-state index contributed by atoms with van der Waals surface area (Å²) in [7, 11) is 1.69. The van der Waals surface area contributed by atoms with Gasteiger partial charge in [-0.05, 0) is 55.2 Å². The number of nitrogens with zero attached hydrogens (tertiary/aromatic N) is 3. The second-order valence-electron chi connectivity index (χ2n) is 8.17. The van der Waals surface area contributed by atoms with Gasteiger partial charge in [0.2, 0.25) is 0 Å². The Morgan fingerprint density at radius 2 is 1.85 bits per heavy atom. The van der Waals surface area contributed by atoms with Crippen LogP contribution >= 0.6 is 24.0 Å². The summed E-state index contributed by atoms with van der Waals surface area (Å²) in [5.74, 6) is 2.63. The summed E-state index contributed by atoms with van der Waals surface area (Å²) in [6.45, 7) is 2.09. The minimum atomic E-state index is 0. The van der Waals surface area contributed by atoms with Crippen molar-refractivity contribution >= 4 is 29.9 Å². The molecule has 178 valence electrons. The standard InChI is InChI=1S/C25H33N5O2.HI/c1-31-23-10-8-20(9-11-23)12-15-26-25(27-16-13-24-7-4-18-32-24)28-19-21-14-17-30(29-21)22-5-2-3-6-22;/h4,7-11,14,17-18,22H,2-3,5-6,12-13,15-16,19H2,1H3,(H2,26,27,28);1H. The van der Waals surface area contributed by atoms with Gasteiger partial charge in [-0.25, -0.2) is 4.99 Å². The van der Waals surface area contributed by atoms with E-state index in [9.17, 15) is 0 Å². The Bertz CT molecular complexity index is 963. The average molecular weight is 563 g/mol. The lowest BCUT2D eigenvalue weighted by Crippen LogP contribution is -2.39. The lowest BCUT2D eigenvalue weighted by atomic mass is 10.1. The summed E-state index contributed by atoms with van der Waals surface area (Å²) in [5.41, 5.74) is 2.25. The van der Waals surface area contributed by atoms with E-state index in [0.717, 1.165) is 49.1 Å². The monoisotopic (exact) mass is 563 g/mol. The van der Waals surface area contributed by atoms with Crippen LogP contribution in [0.4, 0.5) is 0 Å². The number of hydrogen-bond donors (Lipinski definition) is 2. The SMILES string of the molecule is COc1ccc(CCNC(=NCc2ccn(C3CCCC3)n2)NCCc2ccco2)cc1.I.